The van der Waals surface area contributed by atoms with Crippen molar-refractivity contribution in [3.05, 3.63) is 0 Å². The van der Waals surface area contributed by atoms with Crippen molar-refractivity contribution in [2.24, 2.45) is 5.10 Å². The second-order valence-electron chi connectivity index (χ2n) is 1.18. The van der Waals surface area contributed by atoms with Gasteiger partial charge < -0.3 is 5.43 Å². The van der Waals surface area contributed by atoms with Gasteiger partial charge in [-0.25, -0.2) is 0 Å². The fourth-order valence-electron chi connectivity index (χ4n) is 0.177. The van der Waals surface area contributed by atoms with Crippen LogP contribution >= 0.6 is 22.6 Å². The van der Waals surface area contributed by atoms with Crippen LogP contribution in [0.1, 0.15) is 6.92 Å². The molecule has 2 nitrogen and oxygen atoms in total. The van der Waals surface area contributed by atoms with Crippen molar-refractivity contribution in [3.63, 3.8) is 0 Å². The number of hydrogen-bond donors (Lipinski definition) is 1. The van der Waals surface area contributed by atoms with E-state index < -0.39 is 0 Å². The normalized spacial score (nSPS) is 14.7. The van der Waals surface area contributed by atoms with E-state index >= 15 is 0 Å². The highest BCUT2D eigenvalue weighted by atomic mass is 127. The van der Waals surface area contributed by atoms with Crippen molar-refractivity contribution in [3.8, 4) is 0 Å². The molecule has 0 saturated carbocycles. The third-order valence-electron chi connectivity index (χ3n) is 0.409. The summed E-state index contributed by atoms with van der Waals surface area (Å²) in [5.41, 5.74) is 2.66. The highest BCUT2D eigenvalue weighted by Crippen LogP contribution is 1.91. The summed E-state index contributed by atoms with van der Waals surface area (Å²) in [6.07, 6.45) is 1.85. The summed E-state index contributed by atoms with van der Waals surface area (Å²) in [5, 5.41) is 3.79. The van der Waals surface area contributed by atoms with Crippen molar-refractivity contribution >= 4 is 28.8 Å². The highest BCUT2D eigenvalue weighted by Gasteiger charge is 1.82. The Labute approximate surface area is 57.5 Å². The van der Waals surface area contributed by atoms with Crippen LogP contribution in [0.4, 0.5) is 0 Å². The zero-order chi connectivity index (χ0) is 5.70. The monoisotopic (exact) mass is 212 g/mol. The molecule has 1 unspecified atom stereocenters. The first-order valence-corrected chi connectivity index (χ1v) is 3.36. The minimum absolute atomic E-state index is 0.519. The summed E-state index contributed by atoms with van der Waals surface area (Å²) in [6, 6.07) is 0. The molecule has 0 amide bonds. The molecule has 0 aromatic rings. The summed E-state index contributed by atoms with van der Waals surface area (Å²) in [5.74, 6) is 0. The summed E-state index contributed by atoms with van der Waals surface area (Å²) < 4.78 is 0.519. The Morgan fingerprint density at radius 1 is 1.86 bits per heavy atom. The maximum Gasteiger partial charge on any atom is 0.0452 e. The molecule has 7 heavy (non-hydrogen) atoms. The van der Waals surface area contributed by atoms with Gasteiger partial charge >= 0.3 is 0 Å². The molecule has 0 radical (unpaired) electrons. The number of alkyl halides is 1. The second-order valence-corrected chi connectivity index (χ2v) is 3.14. The lowest BCUT2D eigenvalue weighted by molar-refractivity contribution is 0.903. The molecular formula is C4H9IN2. The molecule has 0 aromatic heterocycles. The van der Waals surface area contributed by atoms with Crippen LogP contribution in [0.3, 0.4) is 0 Å². The van der Waals surface area contributed by atoms with E-state index in [2.05, 4.69) is 40.0 Å². The van der Waals surface area contributed by atoms with Gasteiger partial charge in [-0.3, -0.25) is 0 Å². The van der Waals surface area contributed by atoms with Gasteiger partial charge in [0.15, 0.2) is 0 Å². The third-order valence-corrected chi connectivity index (χ3v) is 0.731. The zero-order valence-corrected chi connectivity index (χ0v) is 6.64. The van der Waals surface area contributed by atoms with Crippen LogP contribution in [0.2, 0.25) is 0 Å². The number of nitrogens with one attached hydrogen (secondary N) is 1. The number of hydrogen-bond acceptors (Lipinski definition) is 2. The van der Waals surface area contributed by atoms with Gasteiger partial charge in [0, 0.05) is 17.2 Å². The van der Waals surface area contributed by atoms with Gasteiger partial charge in [-0.05, 0) is 6.92 Å². The van der Waals surface area contributed by atoms with E-state index in [0.717, 1.165) is 0 Å². The Kier molecular flexibility index (Phi) is 4.49. The molecule has 1 N–H and O–H groups in total. The minimum atomic E-state index is 0.519. The Morgan fingerprint density at radius 3 is 2.57 bits per heavy atom. The van der Waals surface area contributed by atoms with Gasteiger partial charge in [-0.2, -0.15) is 5.10 Å². The lowest BCUT2D eigenvalue weighted by Gasteiger charge is -1.88. The molecule has 0 bridgehead atoms. The maximum absolute atomic E-state index is 3.79. The van der Waals surface area contributed by atoms with Crippen molar-refractivity contribution < 1.29 is 0 Å². The third kappa shape index (κ3) is 6.20. The first-order chi connectivity index (χ1) is 3.27. The molecular weight excluding hydrogens is 203 g/mol. The van der Waals surface area contributed by atoms with E-state index in [4.69, 9.17) is 0 Å². The quantitative estimate of drug-likeness (QED) is 0.314. The zero-order valence-electron chi connectivity index (χ0n) is 4.48. The van der Waals surface area contributed by atoms with Gasteiger partial charge in [0.25, 0.3) is 0 Å². The average Bonchev–Trinajstić information content (AvgIpc) is 1.61. The molecule has 0 aliphatic heterocycles. The van der Waals surface area contributed by atoms with Crippen molar-refractivity contribution in [2.45, 2.75) is 10.8 Å². The van der Waals surface area contributed by atoms with Crippen LogP contribution in [0.15, 0.2) is 5.10 Å². The molecule has 0 fully saturated rings. The first kappa shape index (κ1) is 7.20. The molecule has 1 atom stereocenters. The molecule has 0 aliphatic rings. The smallest absolute Gasteiger partial charge is 0.0452 e. The number of hydrazone groups is 1. The molecule has 0 rings (SSSR count). The van der Waals surface area contributed by atoms with Gasteiger partial charge in [0.1, 0.15) is 0 Å². The van der Waals surface area contributed by atoms with Crippen LogP contribution in [0.25, 0.3) is 0 Å². The highest BCUT2D eigenvalue weighted by molar-refractivity contribution is 14.1. The minimum Gasteiger partial charge on any atom is -0.313 e. The van der Waals surface area contributed by atoms with Crippen LogP contribution in [-0.2, 0) is 0 Å². The van der Waals surface area contributed by atoms with Crippen molar-refractivity contribution in [1.82, 2.24) is 5.43 Å². The molecule has 0 saturated heterocycles. The number of nitrogens with zero attached hydrogens (tertiary/aromatic N) is 1. The van der Waals surface area contributed by atoms with Gasteiger partial charge in [0.2, 0.25) is 0 Å². The van der Waals surface area contributed by atoms with Gasteiger partial charge in [0.05, 0.1) is 0 Å². The number of halogens is 1. The number of rotatable bonds is 2. The maximum atomic E-state index is 3.79. The predicted octanol–water partition coefficient (Wildman–Crippen LogP) is 1.02. The van der Waals surface area contributed by atoms with E-state index in [9.17, 15) is 0 Å². The van der Waals surface area contributed by atoms with Crippen LogP contribution in [-0.4, -0.2) is 17.2 Å². The predicted molar refractivity (Wildman–Crippen MR) is 41.0 cm³/mol. The molecule has 0 aliphatic carbocycles. The average molecular weight is 212 g/mol. The van der Waals surface area contributed by atoms with E-state index in [1.54, 1.807) is 7.05 Å². The summed E-state index contributed by atoms with van der Waals surface area (Å²) in [4.78, 5) is 0. The summed E-state index contributed by atoms with van der Waals surface area (Å²) in [7, 11) is 1.79. The lowest BCUT2D eigenvalue weighted by atomic mass is 10.5. The van der Waals surface area contributed by atoms with Gasteiger partial charge in [-0.15, -0.1) is 0 Å². The van der Waals surface area contributed by atoms with Crippen LogP contribution < -0.4 is 5.43 Å². The standard InChI is InChI=1S/C4H9IN2/c1-4(5)3-7-6-2/h3-4,6H,1-2H3/b7-3-. The van der Waals surface area contributed by atoms with Crippen LogP contribution in [0.5, 0.6) is 0 Å². The van der Waals surface area contributed by atoms with E-state index in [0.29, 0.717) is 3.92 Å². The van der Waals surface area contributed by atoms with Crippen molar-refractivity contribution in [2.75, 3.05) is 7.05 Å². The van der Waals surface area contributed by atoms with E-state index in [1.807, 2.05) is 6.21 Å². The van der Waals surface area contributed by atoms with Gasteiger partial charge in [-0.1, -0.05) is 22.6 Å². The summed E-state index contributed by atoms with van der Waals surface area (Å²) in [6.45, 7) is 2.07. The molecule has 0 aromatic carbocycles. The Bertz CT molecular complexity index is 60.7. The van der Waals surface area contributed by atoms with Crippen LogP contribution in [0, 0.1) is 0 Å². The van der Waals surface area contributed by atoms with Crippen molar-refractivity contribution in [1.29, 1.82) is 0 Å². The fourth-order valence-corrected chi connectivity index (χ4v) is 0.338. The molecule has 0 heterocycles. The fraction of sp³-hybridized carbons (Fsp3) is 0.750. The van der Waals surface area contributed by atoms with E-state index in [-0.39, 0.29) is 0 Å². The molecule has 0 spiro atoms. The Balaban J connectivity index is 3.08. The summed E-state index contributed by atoms with van der Waals surface area (Å²) >= 11 is 2.28. The Morgan fingerprint density at radius 2 is 2.43 bits per heavy atom. The Hall–Kier alpha value is 0.200. The lowest BCUT2D eigenvalue weighted by Crippen LogP contribution is -1.98. The SMILES string of the molecule is CN/N=C\C(C)I. The largest absolute Gasteiger partial charge is 0.313 e. The second kappa shape index (κ2) is 4.36. The van der Waals surface area contributed by atoms with E-state index in [1.165, 1.54) is 0 Å². The molecule has 42 valence electrons. The first-order valence-electron chi connectivity index (χ1n) is 2.11. The topological polar surface area (TPSA) is 24.4 Å². The molecule has 3 heteroatoms.